The highest BCUT2D eigenvalue weighted by molar-refractivity contribution is 6.80. The minimum atomic E-state index is -4.49. The lowest BCUT2D eigenvalue weighted by Gasteiger charge is -2.43. The molecule has 180 valence electrons. The average molecular weight is 474 g/mol. The van der Waals surface area contributed by atoms with Gasteiger partial charge in [-0.3, -0.25) is 9.78 Å². The number of alkyl halides is 3. The Morgan fingerprint density at radius 2 is 1.84 bits per heavy atom. The van der Waals surface area contributed by atoms with Crippen LogP contribution >= 0.6 is 0 Å². The van der Waals surface area contributed by atoms with Gasteiger partial charge < -0.3 is 19.8 Å². The molecule has 6 nitrogen and oxygen atoms in total. The summed E-state index contributed by atoms with van der Waals surface area (Å²) in [4.78, 5) is 19.0. The Balaban J connectivity index is 2.11. The number of piperidine rings is 1. The molecule has 2 fully saturated rings. The van der Waals surface area contributed by atoms with Crippen molar-refractivity contribution in [1.82, 2.24) is 4.98 Å². The zero-order valence-electron chi connectivity index (χ0n) is 19.8. The van der Waals surface area contributed by atoms with Crippen LogP contribution in [0.25, 0.3) is 0 Å². The maximum Gasteiger partial charge on any atom is 0.395 e. The van der Waals surface area contributed by atoms with E-state index in [9.17, 15) is 18.0 Å². The zero-order valence-corrected chi connectivity index (χ0v) is 20.8. The molecule has 2 saturated heterocycles. The number of esters is 1. The van der Waals surface area contributed by atoms with Crippen LogP contribution in [0, 0.1) is 11.8 Å². The lowest BCUT2D eigenvalue weighted by atomic mass is 9.83. The highest BCUT2D eigenvalue weighted by Crippen LogP contribution is 2.59. The molecule has 2 aliphatic rings. The van der Waals surface area contributed by atoms with E-state index in [1.54, 1.807) is 31.7 Å². The number of pyridine rings is 1. The van der Waals surface area contributed by atoms with E-state index in [0.29, 0.717) is 11.4 Å². The van der Waals surface area contributed by atoms with Crippen LogP contribution in [0.5, 0.6) is 0 Å². The van der Waals surface area contributed by atoms with Crippen molar-refractivity contribution in [3.63, 3.8) is 0 Å². The second-order valence-electron chi connectivity index (χ2n) is 11.1. The number of carbonyl (C=O) groups excluding carboxylic acids is 1. The number of rotatable bonds is 2. The van der Waals surface area contributed by atoms with Crippen LogP contribution in [0.1, 0.15) is 41.5 Å². The number of nitrogen functional groups attached to an aromatic ring is 1. The van der Waals surface area contributed by atoms with Crippen LogP contribution in [0.15, 0.2) is 18.5 Å². The van der Waals surface area contributed by atoms with Gasteiger partial charge in [-0.1, -0.05) is 20.8 Å². The van der Waals surface area contributed by atoms with Crippen molar-refractivity contribution in [3.05, 3.63) is 18.5 Å². The van der Waals surface area contributed by atoms with E-state index in [1.165, 1.54) is 12.4 Å². The summed E-state index contributed by atoms with van der Waals surface area (Å²) in [5, 5.41) is -0.470. The van der Waals surface area contributed by atoms with Gasteiger partial charge in [0, 0.05) is 25.2 Å². The van der Waals surface area contributed by atoms with Crippen molar-refractivity contribution in [1.29, 1.82) is 0 Å². The van der Waals surface area contributed by atoms with Gasteiger partial charge in [-0.05, 0) is 38.4 Å². The Labute approximate surface area is 188 Å². The van der Waals surface area contributed by atoms with Gasteiger partial charge in [-0.15, -0.1) is 0 Å². The Hall–Kier alpha value is -1.81. The monoisotopic (exact) mass is 473 g/mol. The van der Waals surface area contributed by atoms with E-state index in [0.717, 1.165) is 0 Å². The number of ether oxygens (including phenoxy) is 1. The van der Waals surface area contributed by atoms with Crippen LogP contribution in [0.2, 0.25) is 17.1 Å². The van der Waals surface area contributed by atoms with Crippen LogP contribution in [0.4, 0.5) is 24.5 Å². The molecule has 0 aromatic carbocycles. The van der Waals surface area contributed by atoms with Gasteiger partial charge in [0.25, 0.3) is 0 Å². The van der Waals surface area contributed by atoms with Gasteiger partial charge in [0.1, 0.15) is 5.60 Å². The first-order valence-corrected chi connectivity index (χ1v) is 13.4. The fourth-order valence-electron chi connectivity index (χ4n) is 4.88. The second-order valence-corrected chi connectivity index (χ2v) is 15.7. The third-order valence-electron chi connectivity index (χ3n) is 6.81. The molecule has 0 radical (unpaired) electrons. The number of carbonyl (C=O) groups is 1. The second kappa shape index (κ2) is 7.90. The maximum atomic E-state index is 14.3. The summed E-state index contributed by atoms with van der Waals surface area (Å²) < 4.78 is 54.9. The standard InChI is InChI=1S/C22H34F3N3O3Si/c1-20(2,3)30-19(29)18-13-11-28(16-8-9-27-10-15(16)26)12-14(22(23,24)25)17(13)31-32(18,7)21(4,5)6/h8-10,13-14,17-18H,11-12,26H2,1-7H3/t13-,14+,17+,18?,32?/m1/s1. The molecule has 0 saturated carbocycles. The number of hydrogen-bond acceptors (Lipinski definition) is 6. The van der Waals surface area contributed by atoms with Gasteiger partial charge in [-0.2, -0.15) is 13.2 Å². The number of fused-ring (bicyclic) bond motifs is 1. The normalized spacial score (nSPS) is 31.4. The smallest absolute Gasteiger partial charge is 0.395 e. The van der Waals surface area contributed by atoms with E-state index in [4.69, 9.17) is 14.9 Å². The van der Waals surface area contributed by atoms with Gasteiger partial charge in [0.2, 0.25) is 8.32 Å². The molecular formula is C22H34F3N3O3Si. The van der Waals surface area contributed by atoms with E-state index in [2.05, 4.69) is 4.98 Å². The number of halogens is 3. The lowest BCUT2D eigenvalue weighted by Crippen LogP contribution is -2.54. The first kappa shape index (κ1) is 24.8. The number of anilines is 2. The summed E-state index contributed by atoms with van der Waals surface area (Å²) in [6.45, 7) is 12.9. The molecule has 3 heterocycles. The van der Waals surface area contributed by atoms with Crippen LogP contribution in [0.3, 0.4) is 0 Å². The molecular weight excluding hydrogens is 439 g/mol. The van der Waals surface area contributed by atoms with Gasteiger partial charge in [-0.25, -0.2) is 0 Å². The molecule has 0 bridgehead atoms. The van der Waals surface area contributed by atoms with E-state index < -0.39 is 54.6 Å². The molecule has 2 aliphatic heterocycles. The molecule has 5 atom stereocenters. The summed E-state index contributed by atoms with van der Waals surface area (Å²) in [7, 11) is -3.02. The molecule has 2 N–H and O–H groups in total. The summed E-state index contributed by atoms with van der Waals surface area (Å²) in [5.41, 5.74) is 5.34. The molecule has 1 aromatic heterocycles. The molecule has 2 unspecified atom stereocenters. The van der Waals surface area contributed by atoms with Gasteiger partial charge in [0.15, 0.2) is 0 Å². The third kappa shape index (κ3) is 4.48. The quantitative estimate of drug-likeness (QED) is 0.493. The molecule has 0 spiro atoms. The number of nitrogens with two attached hydrogens (primary N) is 1. The van der Waals surface area contributed by atoms with Crippen molar-refractivity contribution in [2.45, 2.75) is 76.6 Å². The number of nitrogens with zero attached hydrogens (tertiary/aromatic N) is 2. The van der Waals surface area contributed by atoms with Crippen molar-refractivity contribution in [3.8, 4) is 0 Å². The largest absolute Gasteiger partial charge is 0.460 e. The topological polar surface area (TPSA) is 77.7 Å². The van der Waals surface area contributed by atoms with E-state index >= 15 is 0 Å². The average Bonchev–Trinajstić information content (AvgIpc) is 2.92. The molecule has 0 aliphatic carbocycles. The SMILES string of the molecule is CC(C)(C)OC(=O)C1[C@@H]2CN(c3ccncc3N)C[C@H](C(F)(F)F)[C@H]2O[Si]1(C)C(C)(C)C. The predicted molar refractivity (Wildman–Crippen MR) is 120 cm³/mol. The van der Waals surface area contributed by atoms with Gasteiger partial charge >= 0.3 is 12.1 Å². The van der Waals surface area contributed by atoms with E-state index in [-0.39, 0.29) is 13.1 Å². The summed E-state index contributed by atoms with van der Waals surface area (Å²) in [6.07, 6.45) is -2.65. The highest BCUT2D eigenvalue weighted by Gasteiger charge is 2.68. The van der Waals surface area contributed by atoms with Crippen LogP contribution in [-0.4, -0.2) is 50.2 Å². The molecule has 10 heteroatoms. The number of aromatic nitrogens is 1. The molecule has 0 amide bonds. The highest BCUT2D eigenvalue weighted by atomic mass is 28.4. The maximum absolute atomic E-state index is 14.3. The first-order valence-electron chi connectivity index (χ1n) is 10.9. The van der Waals surface area contributed by atoms with Crippen LogP contribution < -0.4 is 10.6 Å². The fraction of sp³-hybridized carbons (Fsp3) is 0.727. The van der Waals surface area contributed by atoms with Crippen LogP contribution in [-0.2, 0) is 14.0 Å². The Kier molecular flexibility index (Phi) is 6.13. The predicted octanol–water partition coefficient (Wildman–Crippen LogP) is 4.76. The minimum absolute atomic E-state index is 0.230. The first-order chi connectivity index (χ1) is 14.5. The Bertz CT molecular complexity index is 868. The van der Waals surface area contributed by atoms with Crippen molar-refractivity contribution >= 4 is 25.7 Å². The van der Waals surface area contributed by atoms with E-state index in [1.807, 2.05) is 27.3 Å². The van der Waals surface area contributed by atoms with Crippen molar-refractivity contribution < 1.29 is 27.1 Å². The molecule has 32 heavy (non-hydrogen) atoms. The minimum Gasteiger partial charge on any atom is -0.460 e. The third-order valence-corrected chi connectivity index (χ3v) is 12.4. The Morgan fingerprint density at radius 1 is 1.22 bits per heavy atom. The summed E-state index contributed by atoms with van der Waals surface area (Å²) in [5.74, 6) is -2.87. The van der Waals surface area contributed by atoms with Gasteiger partial charge in [0.05, 0.1) is 35.1 Å². The van der Waals surface area contributed by atoms with Crippen molar-refractivity contribution in [2.75, 3.05) is 23.7 Å². The fourth-order valence-corrected chi connectivity index (χ4v) is 8.84. The number of hydrogen-bond donors (Lipinski definition) is 1. The molecule has 3 rings (SSSR count). The van der Waals surface area contributed by atoms with Crippen molar-refractivity contribution in [2.24, 2.45) is 11.8 Å². The summed E-state index contributed by atoms with van der Waals surface area (Å²) >= 11 is 0. The molecule has 1 aromatic rings. The Morgan fingerprint density at radius 3 is 2.34 bits per heavy atom. The summed E-state index contributed by atoms with van der Waals surface area (Å²) in [6, 6.07) is 1.61. The lowest BCUT2D eigenvalue weighted by molar-refractivity contribution is -0.202. The zero-order chi connectivity index (χ0) is 24.3.